The van der Waals surface area contributed by atoms with Gasteiger partial charge in [-0.25, -0.2) is 0 Å². The quantitative estimate of drug-likeness (QED) is 0.778. The molecule has 19 heavy (non-hydrogen) atoms. The number of aliphatic hydroxyl groups is 1. The molecule has 0 saturated heterocycles. The third-order valence-corrected chi connectivity index (χ3v) is 3.26. The van der Waals surface area contributed by atoms with Gasteiger partial charge in [0.15, 0.2) is 0 Å². The van der Waals surface area contributed by atoms with Crippen LogP contribution in [-0.4, -0.2) is 16.8 Å². The maximum Gasteiger partial charge on any atom is 0.120 e. The molecular weight excluding hydrogens is 238 g/mol. The van der Waals surface area contributed by atoms with Crippen molar-refractivity contribution in [2.75, 3.05) is 7.11 Å². The molecule has 2 aromatic carbocycles. The number of para-hydroxylation sites is 1. The van der Waals surface area contributed by atoms with Crippen molar-refractivity contribution in [3.05, 3.63) is 60.3 Å². The molecule has 3 nitrogen and oxygen atoms in total. The fraction of sp³-hybridized carbons (Fsp3) is 0.125. The van der Waals surface area contributed by atoms with Crippen LogP contribution in [0.3, 0.4) is 0 Å². The van der Waals surface area contributed by atoms with Gasteiger partial charge in [0.1, 0.15) is 5.75 Å². The lowest BCUT2D eigenvalue weighted by Crippen LogP contribution is -1.99. The largest absolute Gasteiger partial charge is 0.497 e. The van der Waals surface area contributed by atoms with E-state index < -0.39 is 0 Å². The number of aromatic nitrogens is 1. The molecule has 0 fully saturated rings. The highest BCUT2D eigenvalue weighted by Gasteiger charge is 2.10. The number of fused-ring (bicyclic) bond motifs is 1. The molecule has 3 rings (SSSR count). The maximum absolute atomic E-state index is 9.56. The van der Waals surface area contributed by atoms with Crippen LogP contribution in [0.4, 0.5) is 0 Å². The van der Waals surface area contributed by atoms with E-state index in [9.17, 15) is 5.11 Å². The minimum Gasteiger partial charge on any atom is -0.497 e. The standard InChI is InChI=1S/C16H15NO2/c1-19-15-8-7-12-9-14(11-18)17(16(12)10-15)13-5-3-2-4-6-13/h2-10,18H,11H2,1H3. The number of ether oxygens (including phenoxy) is 1. The van der Waals surface area contributed by atoms with Crippen LogP contribution >= 0.6 is 0 Å². The van der Waals surface area contributed by atoms with Crippen LogP contribution in [0.15, 0.2) is 54.6 Å². The Kier molecular flexibility index (Phi) is 2.97. The zero-order valence-corrected chi connectivity index (χ0v) is 10.7. The molecule has 0 radical (unpaired) electrons. The normalized spacial score (nSPS) is 10.8. The topological polar surface area (TPSA) is 34.4 Å². The second-order valence-corrected chi connectivity index (χ2v) is 4.39. The molecule has 1 heterocycles. The van der Waals surface area contributed by atoms with Crippen molar-refractivity contribution in [3.63, 3.8) is 0 Å². The van der Waals surface area contributed by atoms with Gasteiger partial charge in [-0.3, -0.25) is 0 Å². The average molecular weight is 253 g/mol. The monoisotopic (exact) mass is 253 g/mol. The van der Waals surface area contributed by atoms with Gasteiger partial charge in [0.25, 0.3) is 0 Å². The van der Waals surface area contributed by atoms with E-state index in [0.717, 1.165) is 28.0 Å². The van der Waals surface area contributed by atoms with Gasteiger partial charge < -0.3 is 14.4 Å². The third-order valence-electron chi connectivity index (χ3n) is 3.26. The van der Waals surface area contributed by atoms with E-state index >= 15 is 0 Å². The number of methoxy groups -OCH3 is 1. The van der Waals surface area contributed by atoms with Gasteiger partial charge in [-0.2, -0.15) is 0 Å². The van der Waals surface area contributed by atoms with Crippen LogP contribution in [0.1, 0.15) is 5.69 Å². The van der Waals surface area contributed by atoms with Crippen LogP contribution in [0.5, 0.6) is 5.75 Å². The highest BCUT2D eigenvalue weighted by molar-refractivity contribution is 5.84. The molecule has 0 aliphatic carbocycles. The molecule has 0 amide bonds. The van der Waals surface area contributed by atoms with E-state index in [2.05, 4.69) is 4.57 Å². The van der Waals surface area contributed by atoms with E-state index in [0.29, 0.717) is 0 Å². The molecule has 3 heteroatoms. The number of aliphatic hydroxyl groups excluding tert-OH is 1. The molecule has 0 saturated carbocycles. The lowest BCUT2D eigenvalue weighted by molar-refractivity contribution is 0.275. The molecule has 1 N–H and O–H groups in total. The summed E-state index contributed by atoms with van der Waals surface area (Å²) in [5.74, 6) is 0.812. The first-order chi connectivity index (χ1) is 9.33. The Morgan fingerprint density at radius 3 is 2.53 bits per heavy atom. The molecule has 0 spiro atoms. The molecule has 0 bridgehead atoms. The second-order valence-electron chi connectivity index (χ2n) is 4.39. The zero-order valence-electron chi connectivity index (χ0n) is 10.7. The fourth-order valence-corrected chi connectivity index (χ4v) is 2.36. The van der Waals surface area contributed by atoms with Crippen LogP contribution in [-0.2, 0) is 6.61 Å². The first-order valence-corrected chi connectivity index (χ1v) is 6.18. The van der Waals surface area contributed by atoms with E-state index in [4.69, 9.17) is 4.74 Å². The number of hydrogen-bond acceptors (Lipinski definition) is 2. The van der Waals surface area contributed by atoms with E-state index in [1.54, 1.807) is 7.11 Å². The molecule has 0 aliphatic heterocycles. The van der Waals surface area contributed by atoms with Crippen molar-refractivity contribution in [1.82, 2.24) is 4.57 Å². The Hall–Kier alpha value is -2.26. The predicted octanol–water partition coefficient (Wildman–Crippen LogP) is 3.13. The molecule has 1 aromatic heterocycles. The van der Waals surface area contributed by atoms with Crippen molar-refractivity contribution in [2.24, 2.45) is 0 Å². The van der Waals surface area contributed by atoms with Gasteiger partial charge in [0.05, 0.1) is 19.2 Å². The Balaban J connectivity index is 2.31. The van der Waals surface area contributed by atoms with Crippen molar-refractivity contribution < 1.29 is 9.84 Å². The lowest BCUT2D eigenvalue weighted by atomic mass is 10.2. The van der Waals surface area contributed by atoms with Gasteiger partial charge >= 0.3 is 0 Å². The van der Waals surface area contributed by atoms with Gasteiger partial charge in [0, 0.05) is 22.8 Å². The average Bonchev–Trinajstić information content (AvgIpc) is 2.85. The molecule has 0 aliphatic rings. The molecule has 0 unspecified atom stereocenters. The van der Waals surface area contributed by atoms with Crippen molar-refractivity contribution in [2.45, 2.75) is 6.61 Å². The lowest BCUT2D eigenvalue weighted by Gasteiger charge is -2.09. The number of rotatable bonds is 3. The molecule has 3 aromatic rings. The van der Waals surface area contributed by atoms with Gasteiger partial charge in [-0.1, -0.05) is 18.2 Å². The Labute approximate surface area is 111 Å². The first-order valence-electron chi connectivity index (χ1n) is 6.18. The summed E-state index contributed by atoms with van der Waals surface area (Å²) in [7, 11) is 1.66. The first kappa shape index (κ1) is 11.8. The summed E-state index contributed by atoms with van der Waals surface area (Å²) >= 11 is 0. The van der Waals surface area contributed by atoms with Crippen LogP contribution in [0.25, 0.3) is 16.6 Å². The smallest absolute Gasteiger partial charge is 0.120 e. The van der Waals surface area contributed by atoms with E-state index in [1.165, 1.54) is 0 Å². The summed E-state index contributed by atoms with van der Waals surface area (Å²) in [4.78, 5) is 0. The predicted molar refractivity (Wildman–Crippen MR) is 75.7 cm³/mol. The molecule has 0 atom stereocenters. The highest BCUT2D eigenvalue weighted by atomic mass is 16.5. The van der Waals surface area contributed by atoms with Crippen LogP contribution in [0, 0.1) is 0 Å². The number of nitrogens with zero attached hydrogens (tertiary/aromatic N) is 1. The SMILES string of the molecule is COc1ccc2cc(CO)n(-c3ccccc3)c2c1. The summed E-state index contributed by atoms with van der Waals surface area (Å²) in [6.45, 7) is 0.00584. The summed E-state index contributed by atoms with van der Waals surface area (Å²) in [6, 6.07) is 17.9. The zero-order chi connectivity index (χ0) is 13.2. The summed E-state index contributed by atoms with van der Waals surface area (Å²) in [5, 5.41) is 10.6. The van der Waals surface area contributed by atoms with Crippen LogP contribution in [0.2, 0.25) is 0 Å². The maximum atomic E-state index is 9.56. The van der Waals surface area contributed by atoms with Crippen LogP contribution < -0.4 is 4.74 Å². The number of benzene rings is 2. The van der Waals surface area contributed by atoms with Gasteiger partial charge in [-0.05, 0) is 30.3 Å². The minimum atomic E-state index is 0.00584. The fourth-order valence-electron chi connectivity index (χ4n) is 2.36. The second kappa shape index (κ2) is 4.78. The minimum absolute atomic E-state index is 0.00584. The summed E-state index contributed by atoms with van der Waals surface area (Å²) in [5.41, 5.74) is 2.94. The van der Waals surface area contributed by atoms with E-state index in [1.807, 2.05) is 54.6 Å². The van der Waals surface area contributed by atoms with Gasteiger partial charge in [0.2, 0.25) is 0 Å². The van der Waals surface area contributed by atoms with Gasteiger partial charge in [-0.15, -0.1) is 0 Å². The Bertz CT molecular complexity index is 701. The highest BCUT2D eigenvalue weighted by Crippen LogP contribution is 2.27. The Morgan fingerprint density at radius 2 is 1.84 bits per heavy atom. The number of hydrogen-bond donors (Lipinski definition) is 1. The van der Waals surface area contributed by atoms with Crippen molar-refractivity contribution in [3.8, 4) is 11.4 Å². The third kappa shape index (κ3) is 1.98. The summed E-state index contributed by atoms with van der Waals surface area (Å²) < 4.78 is 7.33. The van der Waals surface area contributed by atoms with Crippen molar-refractivity contribution in [1.29, 1.82) is 0 Å². The molecular formula is C16H15NO2. The van der Waals surface area contributed by atoms with Crippen molar-refractivity contribution >= 4 is 10.9 Å². The Morgan fingerprint density at radius 1 is 1.05 bits per heavy atom. The molecule has 96 valence electrons. The van der Waals surface area contributed by atoms with E-state index in [-0.39, 0.29) is 6.61 Å². The summed E-state index contributed by atoms with van der Waals surface area (Å²) in [6.07, 6.45) is 0.